The van der Waals surface area contributed by atoms with Crippen LogP contribution < -0.4 is 5.32 Å². The Morgan fingerprint density at radius 2 is 1.82 bits per heavy atom. The van der Waals surface area contributed by atoms with E-state index in [2.05, 4.69) is 19.4 Å². The fourth-order valence-corrected chi connectivity index (χ4v) is 4.87. The van der Waals surface area contributed by atoms with Crippen LogP contribution in [-0.4, -0.2) is 31.1 Å². The minimum Gasteiger partial charge on any atom is -0.357 e. The minimum atomic E-state index is -0.287. The van der Waals surface area contributed by atoms with Gasteiger partial charge in [0.1, 0.15) is 17.5 Å². The van der Waals surface area contributed by atoms with E-state index in [-0.39, 0.29) is 17.7 Å². The molecule has 2 aromatic carbocycles. The molecule has 4 heterocycles. The summed E-state index contributed by atoms with van der Waals surface area (Å²) in [7, 11) is 1.78. The maximum absolute atomic E-state index is 13.7. The number of nitrogens with one attached hydrogen (secondary N) is 1. The van der Waals surface area contributed by atoms with Gasteiger partial charge in [-0.15, -0.1) is 0 Å². The smallest absolute Gasteiger partial charge is 0.222 e. The second kappa shape index (κ2) is 8.06. The molecule has 6 nitrogen and oxygen atoms in total. The number of anilines is 1. The predicted molar refractivity (Wildman–Crippen MR) is 127 cm³/mol. The topological polar surface area (TPSA) is 60.6 Å². The zero-order chi connectivity index (χ0) is 23.2. The first-order valence-electron chi connectivity index (χ1n) is 11.2. The average molecular weight is 457 g/mol. The van der Waals surface area contributed by atoms with Crippen LogP contribution in [0.25, 0.3) is 33.5 Å². The van der Waals surface area contributed by atoms with Crippen molar-refractivity contribution in [3.63, 3.8) is 0 Å². The fraction of sp³-hybridized carbons (Fsp3) is 0.192. The zero-order valence-electron chi connectivity index (χ0n) is 18.5. The third-order valence-electron chi connectivity index (χ3n) is 6.43. The largest absolute Gasteiger partial charge is 0.357 e. The Labute approximate surface area is 194 Å². The quantitative estimate of drug-likeness (QED) is 0.381. The molecule has 170 valence electrons. The molecule has 0 radical (unpaired) electrons. The molecule has 8 heteroatoms. The summed E-state index contributed by atoms with van der Waals surface area (Å²) < 4.78 is 31.7. The van der Waals surface area contributed by atoms with E-state index in [9.17, 15) is 8.78 Å². The first-order valence-corrected chi connectivity index (χ1v) is 11.2. The van der Waals surface area contributed by atoms with Crippen LogP contribution in [0.15, 0.2) is 67.0 Å². The lowest BCUT2D eigenvalue weighted by atomic mass is 10.1. The number of aryl methyl sites for hydroxylation is 1. The van der Waals surface area contributed by atoms with E-state index in [0.717, 1.165) is 58.8 Å². The molecule has 0 fully saturated rings. The molecule has 3 aromatic heterocycles. The monoisotopic (exact) mass is 456 g/mol. The molecule has 1 aliphatic heterocycles. The molecule has 0 spiro atoms. The maximum atomic E-state index is 13.7. The number of imidazole rings is 1. The number of fused-ring (bicyclic) bond motifs is 2. The normalized spacial score (nSPS) is 15.1. The van der Waals surface area contributed by atoms with Crippen LogP contribution in [0.5, 0.6) is 0 Å². The molecule has 34 heavy (non-hydrogen) atoms. The van der Waals surface area contributed by atoms with Crippen LogP contribution in [0.3, 0.4) is 0 Å². The van der Waals surface area contributed by atoms with Gasteiger partial charge >= 0.3 is 0 Å². The Bertz CT molecular complexity index is 1500. The van der Waals surface area contributed by atoms with Gasteiger partial charge in [0.05, 0.1) is 23.1 Å². The van der Waals surface area contributed by atoms with Gasteiger partial charge in [-0.3, -0.25) is 0 Å². The highest BCUT2D eigenvalue weighted by Crippen LogP contribution is 2.40. The minimum absolute atomic E-state index is 0.139. The van der Waals surface area contributed by atoms with Crippen molar-refractivity contribution in [2.75, 3.05) is 12.4 Å². The third-order valence-corrected chi connectivity index (χ3v) is 6.43. The van der Waals surface area contributed by atoms with Crippen molar-refractivity contribution in [3.8, 4) is 22.6 Å². The lowest BCUT2D eigenvalue weighted by Crippen LogP contribution is -2.13. The van der Waals surface area contributed by atoms with Crippen LogP contribution >= 0.6 is 0 Å². The summed E-state index contributed by atoms with van der Waals surface area (Å²) >= 11 is 0. The van der Waals surface area contributed by atoms with Gasteiger partial charge in [0.15, 0.2) is 0 Å². The van der Waals surface area contributed by atoms with Crippen LogP contribution in [0.2, 0.25) is 0 Å². The predicted octanol–water partition coefficient (Wildman–Crippen LogP) is 5.47. The van der Waals surface area contributed by atoms with E-state index < -0.39 is 0 Å². The van der Waals surface area contributed by atoms with Crippen LogP contribution in [0.1, 0.15) is 18.3 Å². The molecule has 5 aromatic rings. The first kappa shape index (κ1) is 20.5. The first-order chi connectivity index (χ1) is 16.6. The molecule has 0 saturated carbocycles. The van der Waals surface area contributed by atoms with Crippen molar-refractivity contribution in [1.82, 2.24) is 24.1 Å². The standard InChI is InChI=1S/C26H22F2N6/c1-29-26-30-12-10-21(31-26)25-24(16-2-4-18(27)5-3-16)32-23-9-7-20(34(23)25)15-33-13-11-17-14-19(28)6-8-22(17)33/h2-6,8,10-14,20H,7,9,15H2,1H3,(H,29,30,31). The summed E-state index contributed by atoms with van der Waals surface area (Å²) in [6.07, 6.45) is 5.49. The van der Waals surface area contributed by atoms with E-state index in [4.69, 9.17) is 9.97 Å². The highest BCUT2D eigenvalue weighted by molar-refractivity contribution is 5.80. The summed E-state index contributed by atoms with van der Waals surface area (Å²) in [6.45, 7) is 0.721. The Morgan fingerprint density at radius 1 is 1.00 bits per heavy atom. The number of hydrogen-bond donors (Lipinski definition) is 1. The van der Waals surface area contributed by atoms with Gasteiger partial charge < -0.3 is 14.5 Å². The molecule has 1 unspecified atom stereocenters. The van der Waals surface area contributed by atoms with Gasteiger partial charge in [-0.1, -0.05) is 0 Å². The molecular weight excluding hydrogens is 434 g/mol. The number of rotatable bonds is 5. The molecule has 1 N–H and O–H groups in total. The number of nitrogens with zero attached hydrogens (tertiary/aromatic N) is 5. The molecular formula is C26H22F2N6. The van der Waals surface area contributed by atoms with Crippen molar-refractivity contribution in [1.29, 1.82) is 0 Å². The number of aromatic nitrogens is 5. The summed E-state index contributed by atoms with van der Waals surface area (Å²) in [4.78, 5) is 13.9. The molecule has 1 atom stereocenters. The Hall–Kier alpha value is -4.07. The Morgan fingerprint density at radius 3 is 2.65 bits per heavy atom. The number of hydrogen-bond acceptors (Lipinski definition) is 4. The maximum Gasteiger partial charge on any atom is 0.222 e. The summed E-state index contributed by atoms with van der Waals surface area (Å²) in [5.74, 6) is 0.973. The Balaban J connectivity index is 1.48. The Kier molecular flexibility index (Phi) is 4.86. The molecule has 1 aliphatic rings. The van der Waals surface area contributed by atoms with Gasteiger partial charge in [0.25, 0.3) is 0 Å². The second-order valence-corrected chi connectivity index (χ2v) is 8.48. The van der Waals surface area contributed by atoms with Crippen molar-refractivity contribution in [3.05, 3.63) is 84.4 Å². The van der Waals surface area contributed by atoms with Gasteiger partial charge in [0.2, 0.25) is 5.95 Å². The molecule has 0 saturated heterocycles. The lowest BCUT2D eigenvalue weighted by molar-refractivity contribution is 0.459. The van der Waals surface area contributed by atoms with E-state index >= 15 is 0 Å². The highest BCUT2D eigenvalue weighted by atomic mass is 19.1. The van der Waals surface area contributed by atoms with Gasteiger partial charge in [-0.2, -0.15) is 0 Å². The summed E-state index contributed by atoms with van der Waals surface area (Å²) in [6, 6.07) is 15.2. The van der Waals surface area contributed by atoms with Crippen LogP contribution in [0.4, 0.5) is 14.7 Å². The molecule has 0 amide bonds. The number of benzene rings is 2. The van der Waals surface area contributed by atoms with Gasteiger partial charge in [-0.05, 0) is 61.0 Å². The van der Waals surface area contributed by atoms with Gasteiger partial charge in [-0.25, -0.2) is 23.7 Å². The van der Waals surface area contributed by atoms with E-state index in [1.807, 2.05) is 24.4 Å². The van der Waals surface area contributed by atoms with Crippen molar-refractivity contribution >= 4 is 16.9 Å². The summed E-state index contributed by atoms with van der Waals surface area (Å²) in [5, 5.41) is 3.88. The average Bonchev–Trinajstić information content (AvgIpc) is 3.54. The number of halogens is 2. The molecule has 0 aliphatic carbocycles. The van der Waals surface area contributed by atoms with E-state index in [0.29, 0.717) is 5.95 Å². The second-order valence-electron chi connectivity index (χ2n) is 8.48. The van der Waals surface area contributed by atoms with Gasteiger partial charge in [0, 0.05) is 48.9 Å². The van der Waals surface area contributed by atoms with Crippen molar-refractivity contribution < 1.29 is 8.78 Å². The molecule has 0 bridgehead atoms. The SMILES string of the molecule is CNc1nccc(-c2c(-c3ccc(F)cc3)nc3n2C(Cn2ccc4cc(F)ccc42)CC3)n1. The lowest BCUT2D eigenvalue weighted by Gasteiger charge is -2.19. The van der Waals surface area contributed by atoms with Crippen LogP contribution in [0, 0.1) is 11.6 Å². The van der Waals surface area contributed by atoms with Crippen molar-refractivity contribution in [2.45, 2.75) is 25.4 Å². The summed E-state index contributed by atoms with van der Waals surface area (Å²) in [5.41, 5.74) is 4.26. The van der Waals surface area contributed by atoms with E-state index in [1.54, 1.807) is 31.4 Å². The van der Waals surface area contributed by atoms with Crippen LogP contribution in [-0.2, 0) is 13.0 Å². The molecule has 6 rings (SSSR count). The zero-order valence-corrected chi connectivity index (χ0v) is 18.5. The van der Waals surface area contributed by atoms with E-state index in [1.165, 1.54) is 18.2 Å². The third kappa shape index (κ3) is 3.42. The van der Waals surface area contributed by atoms with Crippen molar-refractivity contribution in [2.24, 2.45) is 0 Å². The fourth-order valence-electron chi connectivity index (χ4n) is 4.87. The highest BCUT2D eigenvalue weighted by Gasteiger charge is 2.31.